The molecule has 3 heteroatoms. The van der Waals surface area contributed by atoms with Crippen molar-refractivity contribution in [1.82, 2.24) is 4.98 Å². The Kier molecular flexibility index (Phi) is 3.46. The standard InChI is InChI=1S/C20H18N2S/c1-20(2)13-22-19(16-8-4-6-10-18(16)23-20)15-11-14-7-3-5-9-17(14)21-12-15/h3-12H,13H2,1-2H3. The Bertz CT molecular complexity index is 912. The number of thioether (sulfide) groups is 1. The molecule has 0 aliphatic carbocycles. The van der Waals surface area contributed by atoms with Crippen LogP contribution in [0.1, 0.15) is 25.0 Å². The Balaban J connectivity index is 1.90. The summed E-state index contributed by atoms with van der Waals surface area (Å²) in [7, 11) is 0. The first-order valence-electron chi connectivity index (χ1n) is 7.80. The lowest BCUT2D eigenvalue weighted by Gasteiger charge is -2.19. The maximum atomic E-state index is 4.95. The maximum absolute atomic E-state index is 4.95. The second kappa shape index (κ2) is 5.50. The molecule has 23 heavy (non-hydrogen) atoms. The summed E-state index contributed by atoms with van der Waals surface area (Å²) in [6.07, 6.45) is 1.95. The van der Waals surface area contributed by atoms with Gasteiger partial charge in [0.25, 0.3) is 0 Å². The minimum Gasteiger partial charge on any atom is -0.283 e. The molecule has 114 valence electrons. The third-order valence-corrected chi connectivity index (χ3v) is 5.27. The first kappa shape index (κ1) is 14.5. The largest absolute Gasteiger partial charge is 0.283 e. The zero-order chi connectivity index (χ0) is 15.9. The lowest BCUT2D eigenvalue weighted by Crippen LogP contribution is -2.18. The summed E-state index contributed by atoms with van der Waals surface area (Å²) < 4.78 is 0.0993. The summed E-state index contributed by atoms with van der Waals surface area (Å²) >= 11 is 1.90. The average molecular weight is 318 g/mol. The van der Waals surface area contributed by atoms with Gasteiger partial charge in [0, 0.05) is 32.4 Å². The number of aromatic nitrogens is 1. The molecule has 0 radical (unpaired) electrons. The van der Waals surface area contributed by atoms with E-state index in [0.717, 1.165) is 28.7 Å². The highest BCUT2D eigenvalue weighted by molar-refractivity contribution is 8.00. The molecule has 0 saturated carbocycles. The zero-order valence-corrected chi connectivity index (χ0v) is 14.1. The monoisotopic (exact) mass is 318 g/mol. The van der Waals surface area contributed by atoms with Gasteiger partial charge in [-0.25, -0.2) is 0 Å². The van der Waals surface area contributed by atoms with Crippen LogP contribution in [0.25, 0.3) is 10.9 Å². The molecule has 2 nitrogen and oxygen atoms in total. The first-order valence-corrected chi connectivity index (χ1v) is 8.62. The fourth-order valence-corrected chi connectivity index (χ4v) is 4.03. The number of nitrogens with zero attached hydrogens (tertiary/aromatic N) is 2. The van der Waals surface area contributed by atoms with Crippen molar-refractivity contribution in [2.75, 3.05) is 6.54 Å². The van der Waals surface area contributed by atoms with Crippen LogP contribution in [0.4, 0.5) is 0 Å². The number of fused-ring (bicyclic) bond motifs is 2. The highest BCUT2D eigenvalue weighted by atomic mass is 32.2. The van der Waals surface area contributed by atoms with Gasteiger partial charge in [-0.3, -0.25) is 9.98 Å². The molecule has 1 aromatic heterocycles. The topological polar surface area (TPSA) is 25.2 Å². The summed E-state index contributed by atoms with van der Waals surface area (Å²) in [6, 6.07) is 19.0. The van der Waals surface area contributed by atoms with Crippen molar-refractivity contribution in [3.05, 3.63) is 71.9 Å². The van der Waals surface area contributed by atoms with Gasteiger partial charge >= 0.3 is 0 Å². The Labute approximate surface area is 140 Å². The number of hydrogen-bond donors (Lipinski definition) is 0. The smallest absolute Gasteiger partial charge is 0.0746 e. The fourth-order valence-electron chi connectivity index (χ4n) is 2.88. The highest BCUT2D eigenvalue weighted by Crippen LogP contribution is 2.38. The number of aliphatic imine (C=N–C) groups is 1. The van der Waals surface area contributed by atoms with Crippen LogP contribution in [-0.2, 0) is 0 Å². The summed E-state index contributed by atoms with van der Waals surface area (Å²) in [6.45, 7) is 5.30. The van der Waals surface area contributed by atoms with Gasteiger partial charge in [0.1, 0.15) is 0 Å². The quantitative estimate of drug-likeness (QED) is 0.634. The highest BCUT2D eigenvalue weighted by Gasteiger charge is 2.26. The lowest BCUT2D eigenvalue weighted by molar-refractivity contribution is 0.727. The molecule has 0 spiro atoms. The van der Waals surface area contributed by atoms with Gasteiger partial charge in [0.2, 0.25) is 0 Å². The normalized spacial score (nSPS) is 16.5. The lowest BCUT2D eigenvalue weighted by atomic mass is 10.0. The summed E-state index contributed by atoms with van der Waals surface area (Å²) in [4.78, 5) is 10.9. The van der Waals surface area contributed by atoms with Gasteiger partial charge in [-0.05, 0) is 32.0 Å². The van der Waals surface area contributed by atoms with Crippen molar-refractivity contribution in [3.8, 4) is 0 Å². The molecular weight excluding hydrogens is 300 g/mol. The number of benzene rings is 2. The van der Waals surface area contributed by atoms with Crippen LogP contribution in [0.15, 0.2) is 70.7 Å². The molecule has 2 aromatic carbocycles. The number of pyridine rings is 1. The van der Waals surface area contributed by atoms with Crippen molar-refractivity contribution in [2.45, 2.75) is 23.5 Å². The predicted octanol–water partition coefficient (Wildman–Crippen LogP) is 4.96. The Morgan fingerprint density at radius 2 is 1.78 bits per heavy atom. The third-order valence-electron chi connectivity index (χ3n) is 4.01. The summed E-state index contributed by atoms with van der Waals surface area (Å²) in [5.41, 5.74) is 4.37. The molecule has 1 aliphatic heterocycles. The van der Waals surface area contributed by atoms with Crippen LogP contribution in [0.2, 0.25) is 0 Å². The third kappa shape index (κ3) is 2.77. The molecule has 0 atom stereocenters. The summed E-state index contributed by atoms with van der Waals surface area (Å²) in [5.74, 6) is 0. The molecule has 0 amide bonds. The number of para-hydroxylation sites is 1. The zero-order valence-electron chi connectivity index (χ0n) is 13.3. The fraction of sp³-hybridized carbons (Fsp3) is 0.200. The van der Waals surface area contributed by atoms with Crippen molar-refractivity contribution >= 4 is 28.4 Å². The van der Waals surface area contributed by atoms with Gasteiger partial charge in [0.15, 0.2) is 0 Å². The van der Waals surface area contributed by atoms with E-state index < -0.39 is 0 Å². The summed E-state index contributed by atoms with van der Waals surface area (Å²) in [5, 5.41) is 1.15. The minimum absolute atomic E-state index is 0.0993. The van der Waals surface area contributed by atoms with Crippen molar-refractivity contribution in [2.24, 2.45) is 4.99 Å². The van der Waals surface area contributed by atoms with Crippen LogP contribution in [-0.4, -0.2) is 22.0 Å². The van der Waals surface area contributed by atoms with E-state index in [1.54, 1.807) is 0 Å². The molecule has 1 aliphatic rings. The van der Waals surface area contributed by atoms with E-state index in [1.165, 1.54) is 10.5 Å². The average Bonchev–Trinajstić information content (AvgIpc) is 2.69. The van der Waals surface area contributed by atoms with Gasteiger partial charge in [-0.15, -0.1) is 11.8 Å². The Morgan fingerprint density at radius 1 is 1.00 bits per heavy atom. The molecule has 0 bridgehead atoms. The maximum Gasteiger partial charge on any atom is 0.0746 e. The minimum atomic E-state index is 0.0993. The van der Waals surface area contributed by atoms with Gasteiger partial charge in [-0.2, -0.15) is 0 Å². The van der Waals surface area contributed by atoms with Crippen molar-refractivity contribution < 1.29 is 0 Å². The van der Waals surface area contributed by atoms with E-state index >= 15 is 0 Å². The van der Waals surface area contributed by atoms with Gasteiger partial charge in [-0.1, -0.05) is 36.4 Å². The van der Waals surface area contributed by atoms with Gasteiger partial charge in [0.05, 0.1) is 17.8 Å². The SMILES string of the molecule is CC1(C)CN=C(c2cnc3ccccc3c2)c2ccccc2S1. The second-order valence-corrected chi connectivity index (χ2v) is 8.19. The van der Waals surface area contributed by atoms with Crippen LogP contribution in [0, 0.1) is 0 Å². The predicted molar refractivity (Wildman–Crippen MR) is 98.6 cm³/mol. The van der Waals surface area contributed by atoms with E-state index in [-0.39, 0.29) is 4.75 Å². The van der Waals surface area contributed by atoms with E-state index in [4.69, 9.17) is 4.99 Å². The van der Waals surface area contributed by atoms with Crippen LogP contribution < -0.4 is 0 Å². The molecular formula is C20H18N2S. The number of hydrogen-bond acceptors (Lipinski definition) is 3. The molecule has 4 rings (SSSR count). The van der Waals surface area contributed by atoms with Gasteiger partial charge < -0.3 is 0 Å². The van der Waals surface area contributed by atoms with E-state index in [2.05, 4.69) is 61.3 Å². The van der Waals surface area contributed by atoms with E-state index in [0.29, 0.717) is 0 Å². The van der Waals surface area contributed by atoms with E-state index in [9.17, 15) is 0 Å². The molecule has 0 fully saturated rings. The van der Waals surface area contributed by atoms with Crippen LogP contribution >= 0.6 is 11.8 Å². The van der Waals surface area contributed by atoms with E-state index in [1.807, 2.05) is 30.1 Å². The molecule has 3 aromatic rings. The Hall–Kier alpha value is -2.13. The number of rotatable bonds is 1. The molecule has 0 N–H and O–H groups in total. The van der Waals surface area contributed by atoms with Crippen molar-refractivity contribution in [1.29, 1.82) is 0 Å². The second-order valence-electron chi connectivity index (χ2n) is 6.44. The molecule has 2 heterocycles. The molecule has 0 unspecified atom stereocenters. The van der Waals surface area contributed by atoms with Crippen LogP contribution in [0.3, 0.4) is 0 Å². The first-order chi connectivity index (χ1) is 11.1. The van der Waals surface area contributed by atoms with Crippen LogP contribution in [0.5, 0.6) is 0 Å². The Morgan fingerprint density at radius 3 is 2.70 bits per heavy atom. The van der Waals surface area contributed by atoms with Crippen molar-refractivity contribution in [3.63, 3.8) is 0 Å². The molecule has 0 saturated heterocycles.